The first-order valence-corrected chi connectivity index (χ1v) is 6.96. The number of hydrogen-bond acceptors (Lipinski definition) is 3. The highest BCUT2D eigenvalue weighted by Gasteiger charge is 2.32. The molecule has 2 atom stereocenters. The van der Waals surface area contributed by atoms with Gasteiger partial charge in [0.2, 0.25) is 11.8 Å². The van der Waals surface area contributed by atoms with Gasteiger partial charge in [0.15, 0.2) is 0 Å². The molecule has 1 saturated heterocycles. The van der Waals surface area contributed by atoms with Crippen molar-refractivity contribution in [1.82, 2.24) is 16.0 Å². The Morgan fingerprint density at radius 3 is 2.95 bits per heavy atom. The number of halogens is 1. The van der Waals surface area contributed by atoms with Crippen molar-refractivity contribution in [3.05, 3.63) is 34.9 Å². The molecule has 0 unspecified atom stereocenters. The Morgan fingerprint density at radius 2 is 2.25 bits per heavy atom. The summed E-state index contributed by atoms with van der Waals surface area (Å²) in [7, 11) is 0. The Bertz CT molecular complexity index is 507. The van der Waals surface area contributed by atoms with E-state index in [9.17, 15) is 9.59 Å². The SMILES string of the molecule is CC(=O)N[C@@H]1CCN[C@@H]1C(=O)NCc1cccc(Cl)c1. The van der Waals surface area contributed by atoms with Crippen molar-refractivity contribution >= 4 is 23.4 Å². The molecule has 1 fully saturated rings. The predicted octanol–water partition coefficient (Wildman–Crippen LogP) is 0.823. The third kappa shape index (κ3) is 3.95. The Balaban J connectivity index is 1.89. The third-order valence-corrected chi connectivity index (χ3v) is 3.48. The molecule has 0 spiro atoms. The minimum absolute atomic E-state index is 0.110. The van der Waals surface area contributed by atoms with Gasteiger partial charge in [0.25, 0.3) is 0 Å². The number of carbonyl (C=O) groups is 2. The van der Waals surface area contributed by atoms with Crippen LogP contribution in [0.2, 0.25) is 5.02 Å². The molecule has 0 saturated carbocycles. The maximum atomic E-state index is 12.1. The highest BCUT2D eigenvalue weighted by Crippen LogP contribution is 2.11. The van der Waals surface area contributed by atoms with Gasteiger partial charge in [-0.1, -0.05) is 23.7 Å². The summed E-state index contributed by atoms with van der Waals surface area (Å²) in [5.41, 5.74) is 0.944. The summed E-state index contributed by atoms with van der Waals surface area (Å²) in [5.74, 6) is -0.229. The fraction of sp³-hybridized carbons (Fsp3) is 0.429. The lowest BCUT2D eigenvalue weighted by molar-refractivity contribution is -0.124. The van der Waals surface area contributed by atoms with Crippen LogP contribution in [0.15, 0.2) is 24.3 Å². The van der Waals surface area contributed by atoms with E-state index >= 15 is 0 Å². The van der Waals surface area contributed by atoms with Gasteiger partial charge in [-0.15, -0.1) is 0 Å². The van der Waals surface area contributed by atoms with Crippen molar-refractivity contribution in [2.24, 2.45) is 0 Å². The van der Waals surface area contributed by atoms with Gasteiger partial charge in [-0.2, -0.15) is 0 Å². The Morgan fingerprint density at radius 1 is 1.45 bits per heavy atom. The molecule has 1 heterocycles. The predicted molar refractivity (Wildman–Crippen MR) is 77.3 cm³/mol. The summed E-state index contributed by atoms with van der Waals surface area (Å²) < 4.78 is 0. The van der Waals surface area contributed by atoms with Gasteiger partial charge in [-0.3, -0.25) is 9.59 Å². The van der Waals surface area contributed by atoms with Crippen molar-refractivity contribution in [2.75, 3.05) is 6.54 Å². The molecule has 1 aromatic carbocycles. The number of carbonyl (C=O) groups excluding carboxylic acids is 2. The van der Waals surface area contributed by atoms with Gasteiger partial charge >= 0.3 is 0 Å². The van der Waals surface area contributed by atoms with E-state index in [0.29, 0.717) is 11.6 Å². The Labute approximate surface area is 123 Å². The van der Waals surface area contributed by atoms with Gasteiger partial charge in [0, 0.05) is 18.5 Å². The van der Waals surface area contributed by atoms with Crippen LogP contribution in [0, 0.1) is 0 Å². The standard InChI is InChI=1S/C14H18ClN3O2/c1-9(19)18-12-5-6-16-13(12)14(20)17-8-10-3-2-4-11(15)7-10/h2-4,7,12-13,16H,5-6,8H2,1H3,(H,17,20)(H,18,19)/t12-,13+/m1/s1. The van der Waals surface area contributed by atoms with Gasteiger partial charge in [0.05, 0.1) is 6.04 Å². The van der Waals surface area contributed by atoms with Crippen LogP contribution in [0.1, 0.15) is 18.9 Å². The fourth-order valence-corrected chi connectivity index (χ4v) is 2.55. The van der Waals surface area contributed by atoms with Gasteiger partial charge in [-0.25, -0.2) is 0 Å². The molecule has 1 aliphatic heterocycles. The zero-order valence-corrected chi connectivity index (χ0v) is 12.0. The van der Waals surface area contributed by atoms with E-state index in [-0.39, 0.29) is 23.9 Å². The topological polar surface area (TPSA) is 70.2 Å². The summed E-state index contributed by atoms with van der Waals surface area (Å²) >= 11 is 5.90. The van der Waals surface area contributed by atoms with Gasteiger partial charge < -0.3 is 16.0 Å². The average molecular weight is 296 g/mol. The molecule has 0 aliphatic carbocycles. The minimum Gasteiger partial charge on any atom is -0.351 e. The molecule has 1 aromatic rings. The average Bonchev–Trinajstić information content (AvgIpc) is 2.83. The number of rotatable bonds is 4. The third-order valence-electron chi connectivity index (χ3n) is 3.25. The molecule has 3 N–H and O–H groups in total. The number of benzene rings is 1. The van der Waals surface area contributed by atoms with Crippen LogP contribution in [-0.4, -0.2) is 30.4 Å². The van der Waals surface area contributed by atoms with E-state index in [2.05, 4.69) is 16.0 Å². The lowest BCUT2D eigenvalue weighted by Gasteiger charge is -2.19. The summed E-state index contributed by atoms with van der Waals surface area (Å²) in [6.45, 7) is 2.60. The number of nitrogens with one attached hydrogen (secondary N) is 3. The van der Waals surface area contributed by atoms with E-state index in [1.54, 1.807) is 6.07 Å². The minimum atomic E-state index is -0.377. The second-order valence-corrected chi connectivity index (χ2v) is 5.31. The van der Waals surface area contributed by atoms with Crippen molar-refractivity contribution < 1.29 is 9.59 Å². The first-order chi connectivity index (χ1) is 9.56. The Hall–Kier alpha value is -1.59. The van der Waals surface area contributed by atoms with Crippen molar-refractivity contribution in [3.63, 3.8) is 0 Å². The summed E-state index contributed by atoms with van der Waals surface area (Å²) in [6.07, 6.45) is 0.759. The molecule has 0 aromatic heterocycles. The lowest BCUT2D eigenvalue weighted by atomic mass is 10.1. The molecule has 0 bridgehead atoms. The maximum Gasteiger partial charge on any atom is 0.239 e. The first-order valence-electron chi connectivity index (χ1n) is 6.59. The molecule has 2 amide bonds. The van der Waals surface area contributed by atoms with Crippen LogP contribution in [-0.2, 0) is 16.1 Å². The molecule has 5 nitrogen and oxygen atoms in total. The summed E-state index contributed by atoms with van der Waals surface area (Å²) in [4.78, 5) is 23.2. The zero-order chi connectivity index (χ0) is 14.5. The van der Waals surface area contributed by atoms with E-state index < -0.39 is 0 Å². The smallest absolute Gasteiger partial charge is 0.239 e. The molecular formula is C14H18ClN3O2. The monoisotopic (exact) mass is 295 g/mol. The zero-order valence-electron chi connectivity index (χ0n) is 11.3. The molecule has 0 radical (unpaired) electrons. The second kappa shape index (κ2) is 6.72. The molecule has 20 heavy (non-hydrogen) atoms. The van der Waals surface area contributed by atoms with E-state index in [4.69, 9.17) is 11.6 Å². The van der Waals surface area contributed by atoms with E-state index in [0.717, 1.165) is 18.5 Å². The number of hydrogen-bond donors (Lipinski definition) is 3. The van der Waals surface area contributed by atoms with Crippen LogP contribution in [0.3, 0.4) is 0 Å². The molecule has 108 valence electrons. The Kier molecular flexibility index (Phi) is 4.98. The van der Waals surface area contributed by atoms with Crippen LogP contribution in [0.4, 0.5) is 0 Å². The lowest BCUT2D eigenvalue weighted by Crippen LogP contribution is -2.51. The van der Waals surface area contributed by atoms with E-state index in [1.807, 2.05) is 18.2 Å². The molecular weight excluding hydrogens is 278 g/mol. The van der Waals surface area contributed by atoms with E-state index in [1.165, 1.54) is 6.92 Å². The quantitative estimate of drug-likeness (QED) is 0.770. The van der Waals surface area contributed by atoms with Crippen LogP contribution >= 0.6 is 11.6 Å². The summed E-state index contributed by atoms with van der Waals surface area (Å²) in [5, 5.41) is 9.41. The normalized spacial score (nSPS) is 21.5. The van der Waals surface area contributed by atoms with Crippen molar-refractivity contribution in [3.8, 4) is 0 Å². The number of amides is 2. The fourth-order valence-electron chi connectivity index (χ4n) is 2.34. The molecule has 1 aliphatic rings. The largest absolute Gasteiger partial charge is 0.351 e. The molecule has 2 rings (SSSR count). The maximum absolute atomic E-state index is 12.1. The highest BCUT2D eigenvalue weighted by atomic mass is 35.5. The molecule has 6 heteroatoms. The highest BCUT2D eigenvalue weighted by molar-refractivity contribution is 6.30. The van der Waals surface area contributed by atoms with Crippen LogP contribution < -0.4 is 16.0 Å². The van der Waals surface area contributed by atoms with Crippen molar-refractivity contribution in [1.29, 1.82) is 0 Å². The van der Waals surface area contributed by atoms with Gasteiger partial charge in [0.1, 0.15) is 6.04 Å². The summed E-state index contributed by atoms with van der Waals surface area (Å²) in [6, 6.07) is 6.83. The van der Waals surface area contributed by atoms with Crippen molar-refractivity contribution in [2.45, 2.75) is 32.0 Å². The van der Waals surface area contributed by atoms with Crippen LogP contribution in [0.25, 0.3) is 0 Å². The first kappa shape index (κ1) is 14.8. The second-order valence-electron chi connectivity index (χ2n) is 4.88. The van der Waals surface area contributed by atoms with Crippen LogP contribution in [0.5, 0.6) is 0 Å². The van der Waals surface area contributed by atoms with Gasteiger partial charge in [-0.05, 0) is 30.7 Å².